The van der Waals surface area contributed by atoms with Crippen LogP contribution in [0.15, 0.2) is 59.7 Å². The third-order valence-corrected chi connectivity index (χ3v) is 3.40. The molecule has 0 aliphatic carbocycles. The van der Waals surface area contributed by atoms with E-state index in [1.54, 1.807) is 36.4 Å². The second kappa shape index (κ2) is 6.31. The Kier molecular flexibility index (Phi) is 4.05. The number of amides is 2. The van der Waals surface area contributed by atoms with Crippen molar-refractivity contribution in [3.05, 3.63) is 60.2 Å². The number of carbonyl (C=O) groups is 2. The number of para-hydroxylation sites is 1. The maximum absolute atomic E-state index is 12.1. The van der Waals surface area contributed by atoms with E-state index in [9.17, 15) is 9.59 Å². The highest BCUT2D eigenvalue weighted by molar-refractivity contribution is 6.15. The first kappa shape index (κ1) is 14.8. The molecule has 6 heteroatoms. The summed E-state index contributed by atoms with van der Waals surface area (Å²) in [5, 5.41) is 8.18. The van der Waals surface area contributed by atoms with Crippen molar-refractivity contribution in [3.8, 4) is 0 Å². The lowest BCUT2D eigenvalue weighted by atomic mass is 10.1. The monoisotopic (exact) mass is 308 g/mol. The summed E-state index contributed by atoms with van der Waals surface area (Å²) >= 11 is 0. The highest BCUT2D eigenvalue weighted by atomic mass is 16.2. The molecule has 2 amide bonds. The van der Waals surface area contributed by atoms with Gasteiger partial charge in [-0.1, -0.05) is 30.3 Å². The van der Waals surface area contributed by atoms with Crippen LogP contribution in [0.1, 0.15) is 12.0 Å². The number of hydrazone groups is 1. The maximum Gasteiger partial charge on any atom is 0.255 e. The van der Waals surface area contributed by atoms with Crippen LogP contribution < -0.4 is 16.1 Å². The number of anilines is 2. The van der Waals surface area contributed by atoms with Crippen molar-refractivity contribution < 1.29 is 9.59 Å². The molecule has 3 rings (SSSR count). The van der Waals surface area contributed by atoms with Gasteiger partial charge >= 0.3 is 0 Å². The van der Waals surface area contributed by atoms with Gasteiger partial charge < -0.3 is 11.1 Å². The average molecular weight is 308 g/mol. The average Bonchev–Trinajstić information content (AvgIpc) is 2.91. The number of benzene rings is 2. The van der Waals surface area contributed by atoms with Gasteiger partial charge in [0.05, 0.1) is 18.5 Å². The fraction of sp³-hybridized carbons (Fsp3) is 0.118. The third-order valence-electron chi connectivity index (χ3n) is 3.40. The van der Waals surface area contributed by atoms with Crippen molar-refractivity contribution in [1.29, 1.82) is 0 Å². The SMILES string of the molecule is Nc1ccc(CC(=O)NC2=NN(c3ccccc3)C(=O)C2)cc1. The van der Waals surface area contributed by atoms with E-state index in [1.807, 2.05) is 18.2 Å². The second-order valence-corrected chi connectivity index (χ2v) is 5.23. The van der Waals surface area contributed by atoms with E-state index in [-0.39, 0.29) is 24.7 Å². The molecule has 0 radical (unpaired) electrons. The molecule has 23 heavy (non-hydrogen) atoms. The lowest BCUT2D eigenvalue weighted by Crippen LogP contribution is -2.31. The largest absolute Gasteiger partial charge is 0.399 e. The van der Waals surface area contributed by atoms with Gasteiger partial charge in [-0.05, 0) is 29.8 Å². The number of nitrogens with two attached hydrogens (primary N) is 1. The summed E-state index contributed by atoms with van der Waals surface area (Å²) in [7, 11) is 0. The maximum atomic E-state index is 12.1. The van der Waals surface area contributed by atoms with Gasteiger partial charge in [0.15, 0.2) is 0 Å². The Bertz CT molecular complexity index is 754. The van der Waals surface area contributed by atoms with E-state index >= 15 is 0 Å². The standard InChI is InChI=1S/C17H16N4O2/c18-13-8-6-12(7-9-13)10-16(22)19-15-11-17(23)21(20-15)14-4-2-1-3-5-14/h1-9H,10-11,18H2,(H,19,20,22). The van der Waals surface area contributed by atoms with Crippen LogP contribution in [0.5, 0.6) is 0 Å². The van der Waals surface area contributed by atoms with Crippen LogP contribution in [0.2, 0.25) is 0 Å². The molecule has 0 atom stereocenters. The smallest absolute Gasteiger partial charge is 0.255 e. The number of rotatable bonds is 3. The zero-order valence-electron chi connectivity index (χ0n) is 12.4. The number of hydrogen-bond donors (Lipinski definition) is 2. The molecule has 0 aromatic heterocycles. The molecule has 1 heterocycles. The molecule has 2 aromatic rings. The summed E-state index contributed by atoms with van der Waals surface area (Å²) in [6.45, 7) is 0. The summed E-state index contributed by atoms with van der Waals surface area (Å²) in [5.41, 5.74) is 7.79. The van der Waals surface area contributed by atoms with Crippen molar-refractivity contribution in [2.75, 3.05) is 10.7 Å². The van der Waals surface area contributed by atoms with Crippen LogP contribution in [-0.4, -0.2) is 17.6 Å². The highest BCUT2D eigenvalue weighted by Gasteiger charge is 2.26. The molecule has 0 bridgehead atoms. The zero-order chi connectivity index (χ0) is 16.2. The molecule has 1 aliphatic rings. The molecular formula is C17H16N4O2. The molecule has 3 N–H and O–H groups in total. The van der Waals surface area contributed by atoms with Crippen molar-refractivity contribution in [1.82, 2.24) is 5.32 Å². The van der Waals surface area contributed by atoms with Crippen LogP contribution in [0, 0.1) is 0 Å². The molecular weight excluding hydrogens is 292 g/mol. The van der Waals surface area contributed by atoms with Gasteiger partial charge in [0.1, 0.15) is 5.84 Å². The number of nitrogens with zero attached hydrogens (tertiary/aromatic N) is 2. The predicted molar refractivity (Wildman–Crippen MR) is 88.7 cm³/mol. The van der Waals surface area contributed by atoms with E-state index in [0.717, 1.165) is 5.56 Å². The fourth-order valence-corrected chi connectivity index (χ4v) is 2.30. The molecule has 1 aliphatic heterocycles. The number of nitrogen functional groups attached to an aromatic ring is 1. The predicted octanol–water partition coefficient (Wildman–Crippen LogP) is 1.68. The second-order valence-electron chi connectivity index (χ2n) is 5.23. The van der Waals surface area contributed by atoms with Crippen molar-refractivity contribution in [3.63, 3.8) is 0 Å². The van der Waals surface area contributed by atoms with Gasteiger partial charge in [-0.25, -0.2) is 0 Å². The van der Waals surface area contributed by atoms with Crippen LogP contribution in [0.3, 0.4) is 0 Å². The van der Waals surface area contributed by atoms with E-state index < -0.39 is 0 Å². The Morgan fingerprint density at radius 3 is 2.52 bits per heavy atom. The van der Waals surface area contributed by atoms with Crippen LogP contribution in [0.25, 0.3) is 0 Å². The van der Waals surface area contributed by atoms with E-state index in [4.69, 9.17) is 5.73 Å². The third kappa shape index (κ3) is 3.55. The zero-order valence-corrected chi connectivity index (χ0v) is 12.4. The van der Waals surface area contributed by atoms with Gasteiger partial charge in [-0.15, -0.1) is 0 Å². The molecule has 0 saturated heterocycles. The van der Waals surface area contributed by atoms with Gasteiger partial charge in [0.25, 0.3) is 5.91 Å². The van der Waals surface area contributed by atoms with Gasteiger partial charge in [0, 0.05) is 5.69 Å². The Balaban J connectivity index is 1.65. The Hall–Kier alpha value is -3.15. The highest BCUT2D eigenvalue weighted by Crippen LogP contribution is 2.19. The molecule has 2 aromatic carbocycles. The lowest BCUT2D eigenvalue weighted by Gasteiger charge is -2.10. The first-order valence-corrected chi connectivity index (χ1v) is 7.21. The van der Waals surface area contributed by atoms with E-state index in [1.165, 1.54) is 5.01 Å². The Labute approximate surface area is 133 Å². The minimum atomic E-state index is -0.212. The number of hydrogen-bond acceptors (Lipinski definition) is 4. The summed E-state index contributed by atoms with van der Waals surface area (Å²) in [5.74, 6) is -0.0190. The first-order valence-electron chi connectivity index (χ1n) is 7.21. The topological polar surface area (TPSA) is 87.8 Å². The van der Waals surface area contributed by atoms with E-state index in [2.05, 4.69) is 10.4 Å². The minimum absolute atomic E-state index is 0.0857. The number of amidine groups is 1. The lowest BCUT2D eigenvalue weighted by molar-refractivity contribution is -0.119. The molecule has 116 valence electrons. The summed E-state index contributed by atoms with van der Waals surface area (Å²) < 4.78 is 0. The van der Waals surface area contributed by atoms with Gasteiger partial charge in [-0.3, -0.25) is 9.59 Å². The van der Waals surface area contributed by atoms with Crippen LogP contribution in [0.4, 0.5) is 11.4 Å². The Morgan fingerprint density at radius 1 is 1.13 bits per heavy atom. The van der Waals surface area contributed by atoms with Crippen LogP contribution >= 0.6 is 0 Å². The quantitative estimate of drug-likeness (QED) is 0.846. The van der Waals surface area contributed by atoms with Crippen molar-refractivity contribution in [2.24, 2.45) is 5.10 Å². The Morgan fingerprint density at radius 2 is 1.83 bits per heavy atom. The number of carbonyl (C=O) groups excluding carboxylic acids is 2. The van der Waals surface area contributed by atoms with E-state index in [0.29, 0.717) is 17.2 Å². The molecule has 6 nitrogen and oxygen atoms in total. The number of nitrogens with one attached hydrogen (secondary N) is 1. The minimum Gasteiger partial charge on any atom is -0.399 e. The summed E-state index contributed by atoms with van der Waals surface area (Å²) in [6, 6.07) is 16.2. The van der Waals surface area contributed by atoms with Crippen LogP contribution in [-0.2, 0) is 16.0 Å². The summed E-state index contributed by atoms with van der Waals surface area (Å²) in [4.78, 5) is 24.1. The summed E-state index contributed by atoms with van der Waals surface area (Å²) in [6.07, 6.45) is 0.293. The first-order chi connectivity index (χ1) is 11.1. The van der Waals surface area contributed by atoms with Crippen molar-refractivity contribution in [2.45, 2.75) is 12.8 Å². The molecule has 0 spiro atoms. The molecule has 0 unspecified atom stereocenters. The molecule has 0 fully saturated rings. The van der Waals surface area contributed by atoms with Gasteiger partial charge in [-0.2, -0.15) is 10.1 Å². The fourth-order valence-electron chi connectivity index (χ4n) is 2.30. The normalized spacial score (nSPS) is 13.8. The van der Waals surface area contributed by atoms with Crippen molar-refractivity contribution >= 4 is 29.0 Å². The molecule has 0 saturated carbocycles. The van der Waals surface area contributed by atoms with Gasteiger partial charge in [0.2, 0.25) is 5.91 Å².